The average molecular weight is 427 g/mol. The van der Waals surface area contributed by atoms with E-state index in [1.165, 1.54) is 0 Å². The SMILES string of the molecule is CCC(=O)N(CC)CC1=C(c2ccccc2)S(=O)(=O)N(C)C12CCCCC2.Cl. The Hall–Kier alpha value is -1.37. The molecule has 7 heteroatoms. The van der Waals surface area contributed by atoms with Gasteiger partial charge in [-0.15, -0.1) is 12.4 Å². The normalized spacial score (nSPS) is 20.8. The van der Waals surface area contributed by atoms with E-state index in [0.29, 0.717) is 24.4 Å². The Morgan fingerprint density at radius 1 is 1.11 bits per heavy atom. The van der Waals surface area contributed by atoms with E-state index in [4.69, 9.17) is 0 Å². The summed E-state index contributed by atoms with van der Waals surface area (Å²) in [6.07, 6.45) is 5.24. The van der Waals surface area contributed by atoms with E-state index in [1.54, 1.807) is 16.3 Å². The third kappa shape index (κ3) is 3.74. The molecule has 5 nitrogen and oxygen atoms in total. The molecule has 2 aliphatic rings. The molecular weight excluding hydrogens is 396 g/mol. The first-order valence-electron chi connectivity index (χ1n) is 9.94. The molecule has 0 radical (unpaired) electrons. The third-order valence-electron chi connectivity index (χ3n) is 6.16. The summed E-state index contributed by atoms with van der Waals surface area (Å²) in [5.41, 5.74) is 1.13. The van der Waals surface area contributed by atoms with Crippen molar-refractivity contribution < 1.29 is 13.2 Å². The third-order valence-corrected chi connectivity index (χ3v) is 8.23. The monoisotopic (exact) mass is 426 g/mol. The standard InChI is InChI=1S/C21H30N2O3S.ClH/c1-4-19(24)23(5-2)16-18-20(17-12-8-6-9-13-17)27(25,26)22(3)21(18)14-10-7-11-15-21;/h6,8-9,12-13H,4-5,7,10-11,14-16H2,1-3H3;1H. The molecule has 1 spiro atoms. The van der Waals surface area contributed by atoms with Gasteiger partial charge in [0.25, 0.3) is 0 Å². The number of carbonyl (C=O) groups is 1. The van der Waals surface area contributed by atoms with Crippen LogP contribution in [0.2, 0.25) is 0 Å². The highest BCUT2D eigenvalue weighted by Gasteiger charge is 2.54. The molecule has 0 atom stereocenters. The minimum Gasteiger partial charge on any atom is -0.339 e. The molecule has 1 aliphatic heterocycles. The van der Waals surface area contributed by atoms with Crippen molar-refractivity contribution in [3.05, 3.63) is 41.5 Å². The molecule has 1 amide bonds. The van der Waals surface area contributed by atoms with Crippen molar-refractivity contribution in [2.75, 3.05) is 20.1 Å². The van der Waals surface area contributed by atoms with E-state index in [-0.39, 0.29) is 18.3 Å². The second-order valence-corrected chi connectivity index (χ2v) is 9.41. The summed E-state index contributed by atoms with van der Waals surface area (Å²) < 4.78 is 28.5. The number of rotatable bonds is 5. The molecular formula is C21H31ClN2O3S. The van der Waals surface area contributed by atoms with Gasteiger partial charge in [0.05, 0.1) is 10.4 Å². The molecule has 1 fully saturated rings. The van der Waals surface area contributed by atoms with Gasteiger partial charge < -0.3 is 4.90 Å². The molecule has 1 saturated carbocycles. The molecule has 3 rings (SSSR count). The van der Waals surface area contributed by atoms with Crippen LogP contribution in [0.4, 0.5) is 0 Å². The van der Waals surface area contributed by atoms with Gasteiger partial charge in [0, 0.05) is 26.6 Å². The van der Waals surface area contributed by atoms with Crippen LogP contribution in [0.3, 0.4) is 0 Å². The van der Waals surface area contributed by atoms with Crippen LogP contribution < -0.4 is 0 Å². The number of halogens is 1. The molecule has 1 aromatic carbocycles. The van der Waals surface area contributed by atoms with Gasteiger partial charge in [0.1, 0.15) is 0 Å². The second kappa shape index (κ2) is 8.97. The number of likely N-dealkylation sites (N-methyl/N-ethyl adjacent to an activating group) is 2. The summed E-state index contributed by atoms with van der Waals surface area (Å²) in [5.74, 6) is 0.0651. The van der Waals surface area contributed by atoms with Gasteiger partial charge in [-0.1, -0.05) is 56.5 Å². The largest absolute Gasteiger partial charge is 0.339 e. The zero-order valence-electron chi connectivity index (χ0n) is 17.0. The zero-order chi connectivity index (χ0) is 19.7. The number of amides is 1. The molecule has 1 heterocycles. The average Bonchev–Trinajstić information content (AvgIpc) is 2.84. The fourth-order valence-corrected chi connectivity index (χ4v) is 6.63. The van der Waals surface area contributed by atoms with E-state index in [0.717, 1.165) is 43.2 Å². The Morgan fingerprint density at radius 2 is 1.71 bits per heavy atom. The molecule has 0 aromatic heterocycles. The maximum atomic E-state index is 13.5. The highest BCUT2D eigenvalue weighted by atomic mass is 35.5. The van der Waals surface area contributed by atoms with E-state index in [1.807, 2.05) is 44.2 Å². The van der Waals surface area contributed by atoms with E-state index < -0.39 is 15.6 Å². The Balaban J connectivity index is 0.00000280. The molecule has 1 aliphatic carbocycles. The highest BCUT2D eigenvalue weighted by Crippen LogP contribution is 2.51. The van der Waals surface area contributed by atoms with E-state index in [9.17, 15) is 13.2 Å². The molecule has 0 bridgehead atoms. The van der Waals surface area contributed by atoms with Crippen LogP contribution in [0.15, 0.2) is 35.9 Å². The quantitative estimate of drug-likeness (QED) is 0.713. The van der Waals surface area contributed by atoms with Crippen molar-refractivity contribution in [3.63, 3.8) is 0 Å². The predicted octanol–water partition coefficient (Wildman–Crippen LogP) is 4.06. The van der Waals surface area contributed by atoms with Gasteiger partial charge in [0.2, 0.25) is 15.9 Å². The number of benzene rings is 1. The maximum Gasteiger partial charge on any atom is 0.244 e. The zero-order valence-corrected chi connectivity index (χ0v) is 18.6. The van der Waals surface area contributed by atoms with Gasteiger partial charge >= 0.3 is 0 Å². The van der Waals surface area contributed by atoms with Crippen molar-refractivity contribution in [1.82, 2.24) is 9.21 Å². The molecule has 156 valence electrons. The van der Waals surface area contributed by atoms with Gasteiger partial charge in [-0.2, -0.15) is 4.31 Å². The first-order chi connectivity index (χ1) is 12.9. The lowest BCUT2D eigenvalue weighted by Gasteiger charge is -2.41. The molecule has 0 N–H and O–H groups in total. The summed E-state index contributed by atoms with van der Waals surface area (Å²) in [6.45, 7) is 4.78. The van der Waals surface area contributed by atoms with Crippen molar-refractivity contribution in [2.45, 2.75) is 57.9 Å². The van der Waals surface area contributed by atoms with Crippen LogP contribution in [0.25, 0.3) is 4.91 Å². The summed E-state index contributed by atoms with van der Waals surface area (Å²) >= 11 is 0. The van der Waals surface area contributed by atoms with Gasteiger partial charge in [0.15, 0.2) is 0 Å². The van der Waals surface area contributed by atoms with Crippen LogP contribution in [0.1, 0.15) is 57.9 Å². The number of carbonyl (C=O) groups excluding carboxylic acids is 1. The molecule has 0 saturated heterocycles. The number of hydrogen-bond donors (Lipinski definition) is 0. The summed E-state index contributed by atoms with van der Waals surface area (Å²) in [5, 5.41) is 0. The fraction of sp³-hybridized carbons (Fsp3) is 0.571. The summed E-state index contributed by atoms with van der Waals surface area (Å²) in [7, 11) is -1.87. The van der Waals surface area contributed by atoms with Crippen molar-refractivity contribution in [2.24, 2.45) is 0 Å². The lowest BCUT2D eigenvalue weighted by atomic mass is 9.75. The first-order valence-corrected chi connectivity index (χ1v) is 11.4. The van der Waals surface area contributed by atoms with Crippen LogP contribution in [0, 0.1) is 0 Å². The molecule has 28 heavy (non-hydrogen) atoms. The summed E-state index contributed by atoms with van der Waals surface area (Å²) in [6, 6.07) is 9.36. The lowest BCUT2D eigenvalue weighted by molar-refractivity contribution is -0.130. The van der Waals surface area contributed by atoms with E-state index >= 15 is 0 Å². The second-order valence-electron chi connectivity index (χ2n) is 7.50. The van der Waals surface area contributed by atoms with Crippen molar-refractivity contribution in [1.29, 1.82) is 0 Å². The summed E-state index contributed by atoms with van der Waals surface area (Å²) in [4.78, 5) is 14.6. The first kappa shape index (κ1) is 22.9. The lowest BCUT2D eigenvalue weighted by Crippen LogP contribution is -2.49. The maximum absolute atomic E-state index is 13.5. The number of sulfonamides is 1. The minimum atomic E-state index is -3.59. The Bertz CT molecular complexity index is 830. The van der Waals surface area contributed by atoms with Crippen molar-refractivity contribution >= 4 is 33.2 Å². The Morgan fingerprint density at radius 3 is 2.25 bits per heavy atom. The Kier molecular flexibility index (Phi) is 7.34. The van der Waals surface area contributed by atoms with Crippen LogP contribution in [-0.4, -0.2) is 49.2 Å². The van der Waals surface area contributed by atoms with Crippen LogP contribution in [0.5, 0.6) is 0 Å². The number of nitrogens with zero attached hydrogens (tertiary/aromatic N) is 2. The Labute approximate surface area is 175 Å². The van der Waals surface area contributed by atoms with Gasteiger partial charge in [-0.3, -0.25) is 4.79 Å². The minimum absolute atomic E-state index is 0. The highest BCUT2D eigenvalue weighted by molar-refractivity contribution is 7.98. The predicted molar refractivity (Wildman–Crippen MR) is 116 cm³/mol. The van der Waals surface area contributed by atoms with Crippen LogP contribution >= 0.6 is 12.4 Å². The van der Waals surface area contributed by atoms with Crippen molar-refractivity contribution in [3.8, 4) is 0 Å². The molecule has 1 aromatic rings. The van der Waals surface area contributed by atoms with Gasteiger partial charge in [-0.05, 0) is 30.9 Å². The number of hydrogen-bond acceptors (Lipinski definition) is 3. The van der Waals surface area contributed by atoms with Crippen LogP contribution in [-0.2, 0) is 14.8 Å². The van der Waals surface area contributed by atoms with Gasteiger partial charge in [-0.25, -0.2) is 8.42 Å². The smallest absolute Gasteiger partial charge is 0.244 e. The topological polar surface area (TPSA) is 57.7 Å². The fourth-order valence-electron chi connectivity index (χ4n) is 4.60. The van der Waals surface area contributed by atoms with E-state index in [2.05, 4.69) is 0 Å². The molecule has 0 unspecified atom stereocenters.